The molecule has 27 heteroatoms. The van der Waals surface area contributed by atoms with Gasteiger partial charge in [-0.2, -0.15) is 0 Å². The van der Waals surface area contributed by atoms with Crippen LogP contribution in [0.25, 0.3) is 21.8 Å². The second-order valence-corrected chi connectivity index (χ2v) is 36.1. The number of fused-ring (bicyclic) bond motifs is 2. The summed E-state index contributed by atoms with van der Waals surface area (Å²) in [5.74, 6) is 5.13. The number of para-hydroxylation sites is 2. The Labute approximate surface area is 726 Å². The van der Waals surface area contributed by atoms with Gasteiger partial charge in [0.15, 0.2) is 0 Å². The van der Waals surface area contributed by atoms with Crippen LogP contribution >= 0.6 is 0 Å². The van der Waals surface area contributed by atoms with Crippen molar-refractivity contribution in [3.63, 3.8) is 0 Å². The molecule has 2 heterocycles. The molecule has 0 atom stereocenters. The number of carbonyl (C=O) groups excluding carboxylic acids is 4. The number of carbonyl (C=O) groups is 6. The number of aromatic nitrogens is 4. The van der Waals surface area contributed by atoms with Crippen LogP contribution < -0.4 is 94.8 Å². The zero-order valence-electron chi connectivity index (χ0n) is 72.4. The summed E-state index contributed by atoms with van der Waals surface area (Å²) in [6.45, 7) is 33.4. The van der Waals surface area contributed by atoms with E-state index in [0.717, 1.165) is 174 Å². The minimum absolute atomic E-state index is 0. The Morgan fingerprint density at radius 3 is 0.807 bits per heavy atom. The molecule has 0 aliphatic heterocycles. The van der Waals surface area contributed by atoms with E-state index in [-0.39, 0.29) is 96.4 Å². The molecule has 0 bridgehead atoms. The fraction of sp³-hybridized carbons (Fsp3) is 0.747. The number of hydrogen-bond acceptors (Lipinski definition) is 20. The van der Waals surface area contributed by atoms with Crippen molar-refractivity contribution in [3.05, 3.63) is 59.9 Å². The van der Waals surface area contributed by atoms with Crippen molar-refractivity contribution in [2.24, 2.45) is 82.5 Å². The Bertz CT molecular complexity index is 3360. The summed E-state index contributed by atoms with van der Waals surface area (Å²) in [5.41, 5.74) is 13.6. The van der Waals surface area contributed by atoms with E-state index in [1.54, 1.807) is 0 Å². The van der Waals surface area contributed by atoms with Crippen LogP contribution in [0.2, 0.25) is 0 Å². The Hall–Kier alpha value is -5.78. The number of nitrogens with zero attached hydrogens (tertiary/aromatic N) is 4. The molecular weight excluding hydrogens is 1480 g/mol. The van der Waals surface area contributed by atoms with E-state index in [0.29, 0.717) is 112 Å². The number of hydrogen-bond donors (Lipinski definition) is 12. The van der Waals surface area contributed by atoms with Crippen molar-refractivity contribution in [2.45, 2.75) is 281 Å². The molecule has 0 saturated heterocycles. The minimum atomic E-state index is -0.793. The van der Waals surface area contributed by atoms with E-state index in [4.69, 9.17) is 50.8 Å². The molecule has 2 aromatic heterocycles. The van der Waals surface area contributed by atoms with Crippen molar-refractivity contribution in [3.8, 4) is 0 Å². The van der Waals surface area contributed by atoms with Gasteiger partial charge in [-0.3, -0.25) is 9.59 Å². The molecule has 10 rings (SSSR count). The van der Waals surface area contributed by atoms with Gasteiger partial charge in [0.05, 0.1) is 34.3 Å². The molecule has 4 aromatic rings. The molecule has 4 amide bonds. The van der Waals surface area contributed by atoms with Gasteiger partial charge in [0.25, 0.3) is 0 Å². The molecule has 0 spiro atoms. The van der Waals surface area contributed by atoms with Crippen molar-refractivity contribution < 1.29 is 121 Å². The van der Waals surface area contributed by atoms with Gasteiger partial charge in [-0.25, -0.2) is 39.1 Å². The number of ether oxygens (including phenoxy) is 4. The topological polar surface area (TPSA) is 396 Å². The molecule has 6 saturated carbocycles. The van der Waals surface area contributed by atoms with Crippen LogP contribution in [0.4, 0.5) is 31.1 Å². The van der Waals surface area contributed by atoms with Crippen LogP contribution in [0.5, 0.6) is 0 Å². The molecule has 6 aliphatic rings. The average molecular weight is 1630 g/mol. The maximum atomic E-state index is 11.8. The number of aliphatic hydroxyl groups is 2. The third kappa shape index (κ3) is 42.6. The van der Waals surface area contributed by atoms with Crippen LogP contribution in [0, 0.1) is 84.9 Å². The summed E-state index contributed by atoms with van der Waals surface area (Å²) in [4.78, 5) is 86.0. The Balaban J connectivity index is 0.000000479. The van der Waals surface area contributed by atoms with Crippen LogP contribution in [-0.4, -0.2) is 165 Å². The quantitative estimate of drug-likeness (QED) is 0.0289. The van der Waals surface area contributed by atoms with Gasteiger partial charge >= 0.3 is 87.7 Å². The van der Waals surface area contributed by atoms with Gasteiger partial charge in [-0.1, -0.05) is 43.8 Å². The van der Waals surface area contributed by atoms with E-state index in [1.165, 1.54) is 38.5 Å². The fourth-order valence-corrected chi connectivity index (χ4v) is 15.1. The maximum absolute atomic E-state index is 11.8. The Kier molecular flexibility index (Phi) is 46.9. The number of amides is 4. The predicted octanol–water partition coefficient (Wildman–Crippen LogP) is 13.4. The van der Waals surface area contributed by atoms with E-state index < -0.39 is 34.3 Å². The van der Waals surface area contributed by atoms with Gasteiger partial charge in [0.2, 0.25) is 11.9 Å². The van der Waals surface area contributed by atoms with Crippen LogP contribution in [0.3, 0.4) is 0 Å². The van der Waals surface area contributed by atoms with Crippen LogP contribution in [0.15, 0.2) is 48.5 Å². The van der Waals surface area contributed by atoms with Gasteiger partial charge in [0.1, 0.15) is 22.4 Å². The number of rotatable bonds is 20. The molecule has 642 valence electrons. The second-order valence-electron chi connectivity index (χ2n) is 36.1. The van der Waals surface area contributed by atoms with Crippen LogP contribution in [0.1, 0.15) is 257 Å². The second kappa shape index (κ2) is 52.2. The largest absolute Gasteiger partial charge is 1.00 e. The number of carboxylic acids is 2. The van der Waals surface area contributed by atoms with Crippen LogP contribution in [-0.2, 0) is 28.5 Å². The third-order valence-corrected chi connectivity index (χ3v) is 21.9. The molecule has 14 N–H and O–H groups in total. The first-order valence-electron chi connectivity index (χ1n) is 41.8. The average Bonchev–Trinajstić information content (AvgIpc) is 0.821. The fourth-order valence-electron chi connectivity index (χ4n) is 15.1. The van der Waals surface area contributed by atoms with Gasteiger partial charge < -0.3 is 84.2 Å². The summed E-state index contributed by atoms with van der Waals surface area (Å²) in [6, 6.07) is 16.3. The number of alkyl carbamates (subject to hydrolysis) is 4. The smallest absolute Gasteiger partial charge is 1.00 e. The van der Waals surface area contributed by atoms with Gasteiger partial charge in [0, 0.05) is 63.3 Å². The normalized spacial score (nSPS) is 23.5. The van der Waals surface area contributed by atoms with Gasteiger partial charge in [-0.15, -0.1) is 0 Å². The Morgan fingerprint density at radius 2 is 0.588 bits per heavy atom. The summed E-state index contributed by atoms with van der Waals surface area (Å²) in [5, 5.41) is 55.3. The number of aliphatic hydroxyl groups excluding tert-OH is 2. The van der Waals surface area contributed by atoms with E-state index in [1.807, 2.05) is 133 Å². The van der Waals surface area contributed by atoms with E-state index in [9.17, 15) is 28.8 Å². The summed E-state index contributed by atoms with van der Waals surface area (Å²) in [6.07, 6.45) is 23.6. The number of aliphatic carboxylic acids is 2. The number of anilines is 2. The number of carboxylic acid groups (broad SMARTS) is 2. The molecular formula is C87H149KN12O14. The third-order valence-electron chi connectivity index (χ3n) is 21.9. The molecule has 6 aliphatic carbocycles. The standard InChI is InChI=1S/C22H32N4O2.C18H34N2O4.C17H24N4.C13H26N2O2.C8H12O4.C8H16O2.CH4.K.H/c1-15-18-7-5-6-8-19(18)26-20(25-15)23-13-16-9-11-17(12-10-16)14-24-21(27)28-22(2,3)4;1-17(2,3)23-15(21)19-11-13-7-9-14(10-8-13)12-20-16(22)24-18(4,5)6;1-12-15-4-2-3-5-16(15)21-17(20-12)19-11-14-8-6-13(10-18)7-9-14;1-13(2,3)17-12(16)15-9-11-6-4-10(8-14)5-7-11;9-7(10)5-1-2-6(4-3-5)8(11)12;9-5-7-1-2-8(6-10)4-3-7;;;/h5-8,16-17H,9-14H2,1-4H3,(H,24,27)(H,23,25,26);13-14H,7-12H2,1-6H3,(H,19,21)(H,20,22);2-5,13-14H,6-11,18H2,1H3,(H,19,20,21);10-11H,4-9,14H2,1-3H3,(H,15,16);5-6H,1-4H2,(H,9,10)(H,11,12);7-10H,1-6H2;1H4;;/q;;;;;;;+1;-1. The number of nitrogens with one attached hydrogen (secondary N) is 6. The molecule has 0 radical (unpaired) electrons. The first-order chi connectivity index (χ1) is 52.9. The first kappa shape index (κ1) is 102. The first-order valence-corrected chi connectivity index (χ1v) is 41.8. The zero-order chi connectivity index (χ0) is 82.6. The summed E-state index contributed by atoms with van der Waals surface area (Å²) in [7, 11) is 0. The van der Waals surface area contributed by atoms with Gasteiger partial charge in [-0.05, 0) is 335 Å². The number of nitrogens with two attached hydrogens (primary N) is 2. The van der Waals surface area contributed by atoms with E-state index in [2.05, 4.69) is 64.0 Å². The monoisotopic (exact) mass is 1630 g/mol. The molecule has 6 fully saturated rings. The number of benzene rings is 2. The number of aryl methyl sites for hydroxylation is 2. The van der Waals surface area contributed by atoms with Crippen molar-refractivity contribution in [2.75, 3.05) is 76.2 Å². The summed E-state index contributed by atoms with van der Waals surface area (Å²) >= 11 is 0. The predicted molar refractivity (Wildman–Crippen MR) is 451 cm³/mol. The SMILES string of the molecule is C.CC(C)(C)OC(=O)NCC1CCC(CN)CC1.CC(C)(C)OC(=O)NCC1CCC(CNC(=O)OC(C)(C)C)CC1.Cc1nc(NCC2CCC(CN)CC2)nc2ccccc12.Cc1nc(NCC2CCC(CNC(=O)OC(C)(C)C)CC2)nc2ccccc12.O=C(O)C1CCC(C(=O)O)CC1.OCC1CCC(CO)CC1.[H-].[K+]. The summed E-state index contributed by atoms with van der Waals surface area (Å²) < 4.78 is 21.0. The maximum Gasteiger partial charge on any atom is 1.00 e. The van der Waals surface area contributed by atoms with Crippen molar-refractivity contribution >= 4 is 70.0 Å². The molecule has 0 unspecified atom stereocenters. The Morgan fingerprint density at radius 1 is 0.368 bits per heavy atom. The van der Waals surface area contributed by atoms with E-state index >= 15 is 0 Å². The zero-order valence-corrected chi connectivity index (χ0v) is 74.5. The van der Waals surface area contributed by atoms with Crippen molar-refractivity contribution in [1.29, 1.82) is 0 Å². The molecule has 114 heavy (non-hydrogen) atoms. The molecule has 26 nitrogen and oxygen atoms in total. The molecule has 2 aromatic carbocycles. The van der Waals surface area contributed by atoms with Crippen molar-refractivity contribution in [1.82, 2.24) is 41.2 Å². The minimum Gasteiger partial charge on any atom is -1.00 e.